The Morgan fingerprint density at radius 1 is 0.850 bits per heavy atom. The smallest absolute Gasteiger partial charge is 0.223 e. The molecule has 1 amide bonds. The molecule has 3 aliphatic rings. The van der Waals surface area contributed by atoms with E-state index < -0.39 is 0 Å². The van der Waals surface area contributed by atoms with Crippen LogP contribution in [0.3, 0.4) is 0 Å². The van der Waals surface area contributed by atoms with E-state index in [1.807, 2.05) is 0 Å². The standard InChI is InChI=1S/C17H30N2O/c20-17(14-7-5-8-14)18-15-9-6-12-19(13-15)16-10-3-1-2-4-11-16/h14-16H,1-13H2,(H,18,20). The van der Waals surface area contributed by atoms with E-state index in [1.54, 1.807) is 0 Å². The van der Waals surface area contributed by atoms with Crippen LogP contribution in [0.1, 0.15) is 70.6 Å². The van der Waals surface area contributed by atoms with Crippen LogP contribution in [0.4, 0.5) is 0 Å². The number of hydrogen-bond acceptors (Lipinski definition) is 2. The van der Waals surface area contributed by atoms with Gasteiger partial charge >= 0.3 is 0 Å². The molecule has 0 aromatic carbocycles. The quantitative estimate of drug-likeness (QED) is 0.805. The molecule has 1 atom stereocenters. The molecule has 2 aliphatic carbocycles. The molecule has 3 nitrogen and oxygen atoms in total. The Kier molecular flexibility index (Phi) is 4.98. The molecule has 20 heavy (non-hydrogen) atoms. The third kappa shape index (κ3) is 3.55. The second-order valence-electron chi connectivity index (χ2n) is 7.12. The van der Waals surface area contributed by atoms with Gasteiger partial charge in [0.25, 0.3) is 0 Å². The summed E-state index contributed by atoms with van der Waals surface area (Å²) in [7, 11) is 0. The number of piperidine rings is 1. The topological polar surface area (TPSA) is 32.3 Å². The molecule has 0 aromatic rings. The molecular formula is C17H30N2O. The van der Waals surface area contributed by atoms with Gasteiger partial charge in [-0.25, -0.2) is 0 Å². The van der Waals surface area contributed by atoms with Crippen LogP contribution >= 0.6 is 0 Å². The Morgan fingerprint density at radius 2 is 1.60 bits per heavy atom. The molecule has 1 unspecified atom stereocenters. The molecular weight excluding hydrogens is 248 g/mol. The highest BCUT2D eigenvalue weighted by molar-refractivity contribution is 5.79. The number of carbonyl (C=O) groups is 1. The van der Waals surface area contributed by atoms with Crippen LogP contribution < -0.4 is 5.32 Å². The number of amides is 1. The van der Waals surface area contributed by atoms with Crippen molar-refractivity contribution in [1.82, 2.24) is 10.2 Å². The number of hydrogen-bond donors (Lipinski definition) is 1. The van der Waals surface area contributed by atoms with Gasteiger partial charge in [-0.15, -0.1) is 0 Å². The van der Waals surface area contributed by atoms with Crippen LogP contribution in [0.2, 0.25) is 0 Å². The van der Waals surface area contributed by atoms with Crippen molar-refractivity contribution >= 4 is 5.91 Å². The molecule has 2 saturated carbocycles. The van der Waals surface area contributed by atoms with Crippen molar-refractivity contribution in [2.24, 2.45) is 5.92 Å². The number of rotatable bonds is 3. The Morgan fingerprint density at radius 3 is 2.25 bits per heavy atom. The lowest BCUT2D eigenvalue weighted by Gasteiger charge is -2.39. The first-order chi connectivity index (χ1) is 9.83. The van der Waals surface area contributed by atoms with Crippen LogP contribution in [0, 0.1) is 5.92 Å². The van der Waals surface area contributed by atoms with Gasteiger partial charge in [-0.05, 0) is 45.1 Å². The van der Waals surface area contributed by atoms with Crippen LogP contribution in [-0.4, -0.2) is 36.0 Å². The summed E-state index contributed by atoms with van der Waals surface area (Å²) in [5.41, 5.74) is 0. The fraction of sp³-hybridized carbons (Fsp3) is 0.941. The van der Waals surface area contributed by atoms with Crippen molar-refractivity contribution < 1.29 is 4.79 Å². The molecule has 3 heteroatoms. The van der Waals surface area contributed by atoms with E-state index in [2.05, 4.69) is 10.2 Å². The Labute approximate surface area is 123 Å². The van der Waals surface area contributed by atoms with Crippen molar-refractivity contribution in [3.63, 3.8) is 0 Å². The van der Waals surface area contributed by atoms with Crippen molar-refractivity contribution in [3.05, 3.63) is 0 Å². The van der Waals surface area contributed by atoms with E-state index >= 15 is 0 Å². The van der Waals surface area contributed by atoms with Crippen molar-refractivity contribution in [2.75, 3.05) is 13.1 Å². The summed E-state index contributed by atoms with van der Waals surface area (Å²) < 4.78 is 0. The molecule has 3 fully saturated rings. The van der Waals surface area contributed by atoms with Gasteiger partial charge in [0, 0.05) is 24.5 Å². The van der Waals surface area contributed by atoms with E-state index in [0.717, 1.165) is 25.4 Å². The maximum absolute atomic E-state index is 12.1. The summed E-state index contributed by atoms with van der Waals surface area (Å²) >= 11 is 0. The molecule has 114 valence electrons. The minimum Gasteiger partial charge on any atom is -0.352 e. The summed E-state index contributed by atoms with van der Waals surface area (Å²) in [6.45, 7) is 2.35. The normalized spacial score (nSPS) is 30.5. The van der Waals surface area contributed by atoms with E-state index in [9.17, 15) is 4.79 Å². The molecule has 1 saturated heterocycles. The first kappa shape index (κ1) is 14.4. The van der Waals surface area contributed by atoms with E-state index in [-0.39, 0.29) is 0 Å². The molecule has 1 heterocycles. The zero-order valence-corrected chi connectivity index (χ0v) is 12.8. The zero-order valence-electron chi connectivity index (χ0n) is 12.8. The Balaban J connectivity index is 1.48. The summed E-state index contributed by atoms with van der Waals surface area (Å²) in [5, 5.41) is 3.32. The van der Waals surface area contributed by atoms with Gasteiger partial charge < -0.3 is 5.32 Å². The molecule has 0 radical (unpaired) electrons. The fourth-order valence-electron chi connectivity index (χ4n) is 4.07. The molecule has 0 spiro atoms. The van der Waals surface area contributed by atoms with Gasteiger partial charge in [0.1, 0.15) is 0 Å². The van der Waals surface area contributed by atoms with Gasteiger partial charge in [0.05, 0.1) is 0 Å². The molecule has 1 N–H and O–H groups in total. The highest BCUT2D eigenvalue weighted by Crippen LogP contribution is 2.28. The van der Waals surface area contributed by atoms with Crippen LogP contribution in [-0.2, 0) is 4.79 Å². The van der Waals surface area contributed by atoms with Gasteiger partial charge in [0.2, 0.25) is 5.91 Å². The second-order valence-corrected chi connectivity index (χ2v) is 7.12. The zero-order chi connectivity index (χ0) is 13.8. The Hall–Kier alpha value is -0.570. The lowest BCUT2D eigenvalue weighted by Crippen LogP contribution is -2.52. The maximum atomic E-state index is 12.1. The van der Waals surface area contributed by atoms with Crippen LogP contribution in [0.5, 0.6) is 0 Å². The lowest BCUT2D eigenvalue weighted by molar-refractivity contribution is -0.128. The molecule has 0 bridgehead atoms. The monoisotopic (exact) mass is 278 g/mol. The third-order valence-electron chi connectivity index (χ3n) is 5.62. The third-order valence-corrected chi connectivity index (χ3v) is 5.62. The number of carbonyl (C=O) groups excluding carboxylic acids is 1. The maximum Gasteiger partial charge on any atom is 0.223 e. The van der Waals surface area contributed by atoms with E-state index in [0.29, 0.717) is 17.9 Å². The van der Waals surface area contributed by atoms with Crippen LogP contribution in [0.15, 0.2) is 0 Å². The van der Waals surface area contributed by atoms with E-state index in [1.165, 1.54) is 64.3 Å². The summed E-state index contributed by atoms with van der Waals surface area (Å²) in [6, 6.07) is 1.21. The SMILES string of the molecule is O=C(NC1CCCN(C2CCCCCC2)C1)C1CCC1. The predicted molar refractivity (Wildman–Crippen MR) is 81.6 cm³/mol. The minimum atomic E-state index is 0.336. The first-order valence-corrected chi connectivity index (χ1v) is 8.87. The van der Waals surface area contributed by atoms with Crippen molar-refractivity contribution in [2.45, 2.75) is 82.7 Å². The second kappa shape index (κ2) is 6.93. The lowest BCUT2D eigenvalue weighted by atomic mass is 9.84. The highest BCUT2D eigenvalue weighted by atomic mass is 16.2. The van der Waals surface area contributed by atoms with Gasteiger partial charge in [-0.2, -0.15) is 0 Å². The predicted octanol–water partition coefficient (Wildman–Crippen LogP) is 3.09. The fourth-order valence-corrected chi connectivity index (χ4v) is 4.07. The summed E-state index contributed by atoms with van der Waals surface area (Å²) in [6.07, 6.45) is 14.3. The first-order valence-electron chi connectivity index (χ1n) is 8.87. The average Bonchev–Trinajstić information content (AvgIpc) is 2.65. The largest absolute Gasteiger partial charge is 0.352 e. The summed E-state index contributed by atoms with van der Waals surface area (Å²) in [5.74, 6) is 0.673. The van der Waals surface area contributed by atoms with Gasteiger partial charge in [-0.3, -0.25) is 9.69 Å². The minimum absolute atomic E-state index is 0.336. The van der Waals surface area contributed by atoms with Crippen LogP contribution in [0.25, 0.3) is 0 Å². The van der Waals surface area contributed by atoms with Gasteiger partial charge in [0.15, 0.2) is 0 Å². The van der Waals surface area contributed by atoms with Crippen molar-refractivity contribution in [3.8, 4) is 0 Å². The Bertz CT molecular complexity index is 319. The molecule has 0 aromatic heterocycles. The summed E-state index contributed by atoms with van der Waals surface area (Å²) in [4.78, 5) is 14.8. The number of likely N-dealkylation sites (tertiary alicyclic amines) is 1. The average molecular weight is 278 g/mol. The van der Waals surface area contributed by atoms with Gasteiger partial charge in [-0.1, -0.05) is 32.1 Å². The molecule has 1 aliphatic heterocycles. The number of nitrogens with zero attached hydrogens (tertiary/aromatic N) is 1. The highest BCUT2D eigenvalue weighted by Gasteiger charge is 2.30. The number of nitrogens with one attached hydrogen (secondary N) is 1. The van der Waals surface area contributed by atoms with E-state index in [4.69, 9.17) is 0 Å². The molecule has 3 rings (SSSR count). The van der Waals surface area contributed by atoms with Crippen molar-refractivity contribution in [1.29, 1.82) is 0 Å².